The zero-order chi connectivity index (χ0) is 20.6. The summed E-state index contributed by atoms with van der Waals surface area (Å²) >= 11 is 1.02. The minimum absolute atomic E-state index is 0.135. The molecule has 0 N–H and O–H groups in total. The number of sulfonamides is 1. The molecule has 0 atom stereocenters. The maximum Gasteiger partial charge on any atom is 0.307 e. The molecule has 152 valence electrons. The zero-order valence-electron chi connectivity index (χ0n) is 15.6. The number of amides is 1. The summed E-state index contributed by atoms with van der Waals surface area (Å²) in [5.41, 5.74) is 0.706. The Labute approximate surface area is 171 Å². The van der Waals surface area contributed by atoms with E-state index < -0.39 is 10.0 Å². The summed E-state index contributed by atoms with van der Waals surface area (Å²) in [5.74, 6) is 0.395. The minimum Gasteiger partial charge on any atom is -0.465 e. The van der Waals surface area contributed by atoms with Gasteiger partial charge in [-0.1, -0.05) is 11.3 Å². The highest BCUT2D eigenvalue weighted by atomic mass is 32.2. The number of rotatable bonds is 4. The van der Waals surface area contributed by atoms with Crippen LogP contribution in [0.2, 0.25) is 0 Å². The Morgan fingerprint density at radius 1 is 1.17 bits per heavy atom. The molecule has 3 heterocycles. The molecule has 8 nitrogen and oxygen atoms in total. The lowest BCUT2D eigenvalue weighted by atomic mass is 10.3. The Bertz CT molecular complexity index is 1230. The van der Waals surface area contributed by atoms with Crippen LogP contribution in [0.3, 0.4) is 0 Å². The van der Waals surface area contributed by atoms with E-state index in [0.717, 1.165) is 11.3 Å². The number of benzene rings is 1. The van der Waals surface area contributed by atoms with Gasteiger partial charge in [0.1, 0.15) is 5.76 Å². The molecule has 3 aromatic rings. The molecule has 29 heavy (non-hydrogen) atoms. The molecule has 1 amide bonds. The molecule has 0 radical (unpaired) electrons. The van der Waals surface area contributed by atoms with Gasteiger partial charge in [-0.05, 0) is 36.4 Å². The Hall–Kier alpha value is -2.69. The second-order valence-electron chi connectivity index (χ2n) is 6.63. The molecule has 1 aromatic carbocycles. The van der Waals surface area contributed by atoms with Crippen molar-refractivity contribution in [2.45, 2.75) is 4.90 Å². The van der Waals surface area contributed by atoms with Crippen LogP contribution in [0.5, 0.6) is 0 Å². The quantitative estimate of drug-likeness (QED) is 0.585. The van der Waals surface area contributed by atoms with Crippen molar-refractivity contribution in [2.24, 2.45) is 7.05 Å². The van der Waals surface area contributed by atoms with Crippen LogP contribution in [0.1, 0.15) is 5.76 Å². The van der Waals surface area contributed by atoms with Gasteiger partial charge >= 0.3 is 4.87 Å². The largest absolute Gasteiger partial charge is 0.465 e. The fourth-order valence-electron chi connectivity index (χ4n) is 3.22. The molecule has 0 aliphatic carbocycles. The monoisotopic (exact) mass is 433 g/mol. The Balaban J connectivity index is 1.46. The van der Waals surface area contributed by atoms with Crippen LogP contribution in [0.15, 0.2) is 56.8 Å². The number of hydrogen-bond acceptors (Lipinski definition) is 6. The molecule has 4 rings (SSSR count). The standard InChI is InChI=1S/C19H19N3O5S2/c1-20-16-6-5-15(13-17(16)28-19(20)24)29(25,26)22-10-8-21(9-11-22)18(23)7-4-14-3-2-12-27-14/h2-7,12-13H,8-11H2,1H3. The predicted octanol–water partition coefficient (Wildman–Crippen LogP) is 1.74. The number of aryl methyl sites for hydroxylation is 1. The summed E-state index contributed by atoms with van der Waals surface area (Å²) in [7, 11) is -2.04. The summed E-state index contributed by atoms with van der Waals surface area (Å²) in [4.78, 5) is 25.7. The molecule has 1 saturated heterocycles. The second kappa shape index (κ2) is 7.62. The van der Waals surface area contributed by atoms with E-state index in [-0.39, 0.29) is 28.8 Å². The molecule has 10 heteroatoms. The van der Waals surface area contributed by atoms with Gasteiger partial charge < -0.3 is 13.9 Å². The van der Waals surface area contributed by atoms with Crippen molar-refractivity contribution in [1.29, 1.82) is 0 Å². The molecule has 2 aromatic heterocycles. The Morgan fingerprint density at radius 3 is 2.62 bits per heavy atom. The van der Waals surface area contributed by atoms with E-state index in [1.54, 1.807) is 42.3 Å². The molecule has 1 aliphatic rings. The number of fused-ring (bicyclic) bond motifs is 1. The Morgan fingerprint density at radius 2 is 1.93 bits per heavy atom. The van der Waals surface area contributed by atoms with Gasteiger partial charge in [-0.25, -0.2) is 8.42 Å². The van der Waals surface area contributed by atoms with Crippen molar-refractivity contribution >= 4 is 43.6 Å². The first-order chi connectivity index (χ1) is 13.9. The van der Waals surface area contributed by atoms with E-state index in [1.165, 1.54) is 27.3 Å². The van der Waals surface area contributed by atoms with Crippen LogP contribution in [-0.2, 0) is 21.9 Å². The van der Waals surface area contributed by atoms with E-state index in [2.05, 4.69) is 0 Å². The SMILES string of the molecule is Cn1c(=O)sc2cc(S(=O)(=O)N3CCN(C(=O)C=Cc4ccco4)CC3)ccc21. The smallest absolute Gasteiger partial charge is 0.307 e. The van der Waals surface area contributed by atoms with Gasteiger partial charge in [-0.3, -0.25) is 9.59 Å². The zero-order valence-corrected chi connectivity index (χ0v) is 17.3. The third-order valence-corrected chi connectivity index (χ3v) is 7.78. The van der Waals surface area contributed by atoms with Crippen molar-refractivity contribution in [1.82, 2.24) is 13.8 Å². The van der Waals surface area contributed by atoms with Gasteiger partial charge in [0.2, 0.25) is 15.9 Å². The van der Waals surface area contributed by atoms with Crippen molar-refractivity contribution in [3.05, 3.63) is 58.1 Å². The van der Waals surface area contributed by atoms with Gasteiger partial charge in [0.15, 0.2) is 0 Å². The number of carbonyl (C=O) groups excluding carboxylic acids is 1. The summed E-state index contributed by atoms with van der Waals surface area (Å²) in [6, 6.07) is 8.20. The maximum atomic E-state index is 13.0. The molecular weight excluding hydrogens is 414 g/mol. The van der Waals surface area contributed by atoms with Crippen molar-refractivity contribution in [2.75, 3.05) is 26.2 Å². The lowest BCUT2D eigenvalue weighted by Crippen LogP contribution is -2.50. The lowest BCUT2D eigenvalue weighted by Gasteiger charge is -2.33. The Kier molecular flexibility index (Phi) is 5.15. The van der Waals surface area contributed by atoms with E-state index in [0.29, 0.717) is 29.1 Å². The number of nitrogens with zero attached hydrogens (tertiary/aromatic N) is 3. The van der Waals surface area contributed by atoms with Crippen LogP contribution in [0.25, 0.3) is 16.3 Å². The molecule has 1 fully saturated rings. The highest BCUT2D eigenvalue weighted by molar-refractivity contribution is 7.89. The van der Waals surface area contributed by atoms with Crippen molar-refractivity contribution in [3.8, 4) is 0 Å². The second-order valence-corrected chi connectivity index (χ2v) is 9.57. The van der Waals surface area contributed by atoms with Crippen LogP contribution in [0, 0.1) is 0 Å². The van der Waals surface area contributed by atoms with Crippen LogP contribution in [-0.4, -0.2) is 54.3 Å². The number of furan rings is 1. The highest BCUT2D eigenvalue weighted by Crippen LogP contribution is 2.24. The average molecular weight is 434 g/mol. The van der Waals surface area contributed by atoms with E-state index in [4.69, 9.17) is 4.42 Å². The summed E-state index contributed by atoms with van der Waals surface area (Å²) in [5, 5.41) is 0. The average Bonchev–Trinajstić information content (AvgIpc) is 3.34. The summed E-state index contributed by atoms with van der Waals surface area (Å²) < 4.78 is 34.7. The van der Waals surface area contributed by atoms with Gasteiger partial charge in [-0.2, -0.15) is 4.31 Å². The van der Waals surface area contributed by atoms with E-state index in [9.17, 15) is 18.0 Å². The van der Waals surface area contributed by atoms with Crippen molar-refractivity contribution < 1.29 is 17.6 Å². The first kappa shape index (κ1) is 19.6. The van der Waals surface area contributed by atoms with E-state index >= 15 is 0 Å². The highest BCUT2D eigenvalue weighted by Gasteiger charge is 2.30. The number of carbonyl (C=O) groups is 1. The lowest BCUT2D eigenvalue weighted by molar-refractivity contribution is -0.127. The number of aromatic nitrogens is 1. The van der Waals surface area contributed by atoms with Crippen LogP contribution in [0.4, 0.5) is 0 Å². The molecule has 0 unspecified atom stereocenters. The van der Waals surface area contributed by atoms with Gasteiger partial charge in [0, 0.05) is 39.3 Å². The van der Waals surface area contributed by atoms with Crippen molar-refractivity contribution in [3.63, 3.8) is 0 Å². The fraction of sp³-hybridized carbons (Fsp3) is 0.263. The third kappa shape index (κ3) is 3.78. The molecule has 0 spiro atoms. The third-order valence-electron chi connectivity index (χ3n) is 4.89. The number of hydrogen-bond donors (Lipinski definition) is 0. The molecule has 0 saturated carbocycles. The molecule has 0 bridgehead atoms. The van der Waals surface area contributed by atoms with Gasteiger partial charge in [-0.15, -0.1) is 0 Å². The fourth-order valence-corrected chi connectivity index (χ4v) is 5.66. The normalized spacial score (nSPS) is 16.1. The number of piperazine rings is 1. The van der Waals surface area contributed by atoms with Crippen LogP contribution >= 0.6 is 11.3 Å². The molecular formula is C19H19N3O5S2. The summed E-state index contributed by atoms with van der Waals surface area (Å²) in [6.45, 7) is 1.04. The molecule has 1 aliphatic heterocycles. The van der Waals surface area contributed by atoms with Gasteiger partial charge in [0.05, 0.1) is 21.4 Å². The minimum atomic E-state index is -3.70. The topological polar surface area (TPSA) is 92.8 Å². The summed E-state index contributed by atoms with van der Waals surface area (Å²) in [6.07, 6.45) is 4.54. The van der Waals surface area contributed by atoms with E-state index in [1.807, 2.05) is 0 Å². The first-order valence-corrected chi connectivity index (χ1v) is 11.2. The first-order valence-electron chi connectivity index (χ1n) is 8.96. The van der Waals surface area contributed by atoms with Gasteiger partial charge in [0.25, 0.3) is 0 Å². The predicted molar refractivity (Wildman–Crippen MR) is 110 cm³/mol. The van der Waals surface area contributed by atoms with Crippen LogP contribution < -0.4 is 4.87 Å². The number of thiazole rings is 1. The maximum absolute atomic E-state index is 13.0.